The maximum absolute atomic E-state index is 12.6. The predicted octanol–water partition coefficient (Wildman–Crippen LogP) is 0.831. The van der Waals surface area contributed by atoms with Gasteiger partial charge < -0.3 is 14.4 Å². The van der Waals surface area contributed by atoms with E-state index in [9.17, 15) is 9.59 Å². The summed E-state index contributed by atoms with van der Waals surface area (Å²) < 4.78 is 2.11. The maximum atomic E-state index is 12.6. The average molecular weight is 331 g/mol. The van der Waals surface area contributed by atoms with Crippen LogP contribution in [0.25, 0.3) is 0 Å². The summed E-state index contributed by atoms with van der Waals surface area (Å²) in [5.74, 6) is 3.22. The van der Waals surface area contributed by atoms with E-state index in [4.69, 9.17) is 0 Å². The highest BCUT2D eigenvalue weighted by Gasteiger charge is 2.35. The van der Waals surface area contributed by atoms with Crippen LogP contribution in [0.4, 0.5) is 0 Å². The Labute approximate surface area is 142 Å². The second-order valence-corrected chi connectivity index (χ2v) is 7.45. The van der Waals surface area contributed by atoms with Crippen molar-refractivity contribution < 1.29 is 9.59 Å². The molecule has 130 valence electrons. The minimum Gasteiger partial charge on any atom is -0.340 e. The van der Waals surface area contributed by atoms with Gasteiger partial charge in [-0.15, -0.1) is 10.2 Å². The molecular formula is C17H25N5O2. The van der Waals surface area contributed by atoms with Crippen molar-refractivity contribution in [2.24, 2.45) is 11.8 Å². The van der Waals surface area contributed by atoms with Crippen LogP contribution in [0.5, 0.6) is 0 Å². The number of carbonyl (C=O) groups is 2. The van der Waals surface area contributed by atoms with Crippen LogP contribution in [0, 0.1) is 11.8 Å². The zero-order valence-corrected chi connectivity index (χ0v) is 14.3. The molecule has 3 heterocycles. The summed E-state index contributed by atoms with van der Waals surface area (Å²) in [4.78, 5) is 28.3. The van der Waals surface area contributed by atoms with E-state index in [2.05, 4.69) is 21.7 Å². The van der Waals surface area contributed by atoms with Crippen molar-refractivity contribution in [3.8, 4) is 0 Å². The van der Waals surface area contributed by atoms with Crippen LogP contribution in [0.15, 0.2) is 0 Å². The summed E-state index contributed by atoms with van der Waals surface area (Å²) in [6.07, 6.45) is 4.38. The number of fused-ring (bicyclic) bond motifs is 1. The fraction of sp³-hybridized carbons (Fsp3) is 0.765. The van der Waals surface area contributed by atoms with Gasteiger partial charge in [-0.2, -0.15) is 0 Å². The number of aromatic nitrogens is 3. The molecule has 2 aliphatic heterocycles. The maximum Gasteiger partial charge on any atom is 0.225 e. The summed E-state index contributed by atoms with van der Waals surface area (Å²) in [5, 5.41) is 8.60. The van der Waals surface area contributed by atoms with Crippen molar-refractivity contribution in [2.75, 3.05) is 19.6 Å². The van der Waals surface area contributed by atoms with E-state index in [1.165, 1.54) is 0 Å². The Balaban J connectivity index is 1.42. The molecule has 0 aromatic carbocycles. The van der Waals surface area contributed by atoms with Gasteiger partial charge in [0.05, 0.1) is 6.54 Å². The lowest BCUT2D eigenvalue weighted by Crippen LogP contribution is -2.42. The molecule has 1 aromatic heterocycles. The van der Waals surface area contributed by atoms with E-state index in [-0.39, 0.29) is 11.8 Å². The molecule has 0 bridgehead atoms. The molecule has 0 atom stereocenters. The number of carbonyl (C=O) groups excluding carboxylic acids is 2. The Kier molecular flexibility index (Phi) is 4.02. The number of likely N-dealkylation sites (tertiary alicyclic amines) is 1. The Bertz CT molecular complexity index is 649. The van der Waals surface area contributed by atoms with Gasteiger partial charge >= 0.3 is 0 Å². The zero-order chi connectivity index (χ0) is 16.7. The van der Waals surface area contributed by atoms with Gasteiger partial charge in [0.15, 0.2) is 5.82 Å². The number of hydrogen-bond acceptors (Lipinski definition) is 4. The monoisotopic (exact) mass is 331 g/mol. The van der Waals surface area contributed by atoms with Gasteiger partial charge in [-0.25, -0.2) is 0 Å². The summed E-state index contributed by atoms with van der Waals surface area (Å²) >= 11 is 0. The van der Waals surface area contributed by atoms with E-state index in [1.807, 2.05) is 9.80 Å². The van der Waals surface area contributed by atoms with Gasteiger partial charge in [0.2, 0.25) is 11.8 Å². The summed E-state index contributed by atoms with van der Waals surface area (Å²) in [6.45, 7) is 5.73. The van der Waals surface area contributed by atoms with Crippen LogP contribution in [-0.4, -0.2) is 56.0 Å². The van der Waals surface area contributed by atoms with Gasteiger partial charge in [0.1, 0.15) is 5.82 Å². The molecule has 0 spiro atoms. The summed E-state index contributed by atoms with van der Waals surface area (Å²) in [6, 6.07) is 0. The summed E-state index contributed by atoms with van der Waals surface area (Å²) in [7, 11) is 0. The largest absolute Gasteiger partial charge is 0.340 e. The first kappa shape index (κ1) is 15.6. The van der Waals surface area contributed by atoms with E-state index >= 15 is 0 Å². The molecule has 1 saturated carbocycles. The van der Waals surface area contributed by atoms with Crippen molar-refractivity contribution in [1.29, 1.82) is 0 Å². The van der Waals surface area contributed by atoms with Crippen molar-refractivity contribution in [1.82, 2.24) is 24.6 Å². The topological polar surface area (TPSA) is 71.3 Å². The molecule has 1 aromatic rings. The average Bonchev–Trinajstić information content (AvgIpc) is 3.04. The first-order chi connectivity index (χ1) is 11.6. The van der Waals surface area contributed by atoms with E-state index < -0.39 is 0 Å². The van der Waals surface area contributed by atoms with Gasteiger partial charge in [0.25, 0.3) is 0 Å². The minimum atomic E-state index is 0.205. The van der Waals surface area contributed by atoms with Gasteiger partial charge in [-0.05, 0) is 25.2 Å². The van der Waals surface area contributed by atoms with Crippen molar-refractivity contribution in [3.05, 3.63) is 11.6 Å². The van der Waals surface area contributed by atoms with Crippen molar-refractivity contribution >= 4 is 11.8 Å². The lowest BCUT2D eigenvalue weighted by atomic mass is 9.75. The molecule has 3 aliphatic rings. The molecule has 24 heavy (non-hydrogen) atoms. The van der Waals surface area contributed by atoms with Crippen molar-refractivity contribution in [2.45, 2.75) is 52.1 Å². The molecule has 7 nitrogen and oxygen atoms in total. The standard InChI is InChI=1S/C17H25N5O2/c1-12-9-13(10-12)17(24)20-6-4-14-18-19-15(22(14)8-7-20)11-21-5-2-3-16(21)23/h12-13H,2-11H2,1H3. The third-order valence-corrected chi connectivity index (χ3v) is 5.64. The fourth-order valence-corrected chi connectivity index (χ4v) is 4.12. The quantitative estimate of drug-likeness (QED) is 0.822. The second-order valence-electron chi connectivity index (χ2n) is 7.45. The Morgan fingerprint density at radius 1 is 1.12 bits per heavy atom. The van der Waals surface area contributed by atoms with Crippen LogP contribution in [0.1, 0.15) is 44.3 Å². The summed E-state index contributed by atoms with van der Waals surface area (Å²) in [5.41, 5.74) is 0. The zero-order valence-electron chi connectivity index (χ0n) is 14.3. The number of hydrogen-bond donors (Lipinski definition) is 0. The molecule has 2 amide bonds. The van der Waals surface area contributed by atoms with Crippen molar-refractivity contribution in [3.63, 3.8) is 0 Å². The molecular weight excluding hydrogens is 306 g/mol. The molecule has 1 aliphatic carbocycles. The lowest BCUT2D eigenvalue weighted by Gasteiger charge is -2.35. The second kappa shape index (κ2) is 6.18. The fourth-order valence-electron chi connectivity index (χ4n) is 4.12. The van der Waals surface area contributed by atoms with Crippen LogP contribution in [-0.2, 0) is 29.1 Å². The SMILES string of the molecule is CC1CC(C(=O)N2CCc3nnc(CN4CCCC4=O)n3CC2)C1. The first-order valence-electron chi connectivity index (χ1n) is 9.09. The third-order valence-electron chi connectivity index (χ3n) is 5.64. The highest BCUT2D eigenvalue weighted by atomic mass is 16.2. The lowest BCUT2D eigenvalue weighted by molar-refractivity contribution is -0.139. The normalized spacial score (nSPS) is 27.0. The van der Waals surface area contributed by atoms with Gasteiger partial charge in [0, 0.05) is 44.9 Å². The van der Waals surface area contributed by atoms with E-state index in [1.54, 1.807) is 0 Å². The molecule has 0 N–H and O–H groups in total. The molecule has 1 saturated heterocycles. The highest BCUT2D eigenvalue weighted by Crippen LogP contribution is 2.34. The predicted molar refractivity (Wildman–Crippen MR) is 86.8 cm³/mol. The van der Waals surface area contributed by atoms with Crippen LogP contribution in [0.3, 0.4) is 0 Å². The van der Waals surface area contributed by atoms with Crippen LogP contribution >= 0.6 is 0 Å². The third kappa shape index (κ3) is 2.80. The Morgan fingerprint density at radius 3 is 2.67 bits per heavy atom. The Hall–Kier alpha value is -1.92. The smallest absolute Gasteiger partial charge is 0.225 e. The minimum absolute atomic E-state index is 0.205. The van der Waals surface area contributed by atoms with Crippen LogP contribution in [0.2, 0.25) is 0 Å². The molecule has 4 rings (SSSR count). The number of amides is 2. The Morgan fingerprint density at radius 2 is 1.96 bits per heavy atom. The molecule has 7 heteroatoms. The first-order valence-corrected chi connectivity index (χ1v) is 9.09. The number of rotatable bonds is 3. The van der Waals surface area contributed by atoms with Gasteiger partial charge in [-0.1, -0.05) is 6.92 Å². The molecule has 0 unspecified atom stereocenters. The van der Waals surface area contributed by atoms with E-state index in [0.717, 1.165) is 63.5 Å². The number of nitrogens with zero attached hydrogens (tertiary/aromatic N) is 5. The highest BCUT2D eigenvalue weighted by molar-refractivity contribution is 5.79. The van der Waals surface area contributed by atoms with Gasteiger partial charge in [-0.3, -0.25) is 9.59 Å². The van der Waals surface area contributed by atoms with Crippen LogP contribution < -0.4 is 0 Å². The molecule has 0 radical (unpaired) electrons. The molecule has 2 fully saturated rings. The van der Waals surface area contributed by atoms with E-state index in [0.29, 0.717) is 24.8 Å².